The van der Waals surface area contributed by atoms with Crippen molar-refractivity contribution in [3.63, 3.8) is 0 Å². The molecule has 0 aromatic carbocycles. The Kier molecular flexibility index (Phi) is 2.90. The molecule has 1 aromatic heterocycles. The summed E-state index contributed by atoms with van der Waals surface area (Å²) in [5.41, 5.74) is 1.35. The second-order valence-electron chi connectivity index (χ2n) is 3.63. The lowest BCUT2D eigenvalue weighted by Crippen LogP contribution is -2.06. The number of hydrogen-bond acceptors (Lipinski definition) is 1. The van der Waals surface area contributed by atoms with Crippen molar-refractivity contribution in [3.8, 4) is 0 Å². The Morgan fingerprint density at radius 1 is 1.42 bits per heavy atom. The minimum absolute atomic E-state index is 0.525. The summed E-state index contributed by atoms with van der Waals surface area (Å²) in [5, 5.41) is 0. The predicted molar refractivity (Wildman–Crippen MR) is 51.3 cm³/mol. The maximum absolute atomic E-state index is 4.18. The zero-order valence-corrected chi connectivity index (χ0v) is 8.41. The third kappa shape index (κ3) is 1.68. The highest BCUT2D eigenvalue weighted by Crippen LogP contribution is 2.20. The van der Waals surface area contributed by atoms with Crippen LogP contribution in [0.2, 0.25) is 0 Å². The fourth-order valence-electron chi connectivity index (χ4n) is 1.34. The van der Waals surface area contributed by atoms with Crippen LogP contribution in [0.15, 0.2) is 12.5 Å². The van der Waals surface area contributed by atoms with Gasteiger partial charge in [0.2, 0.25) is 0 Å². The van der Waals surface area contributed by atoms with Crippen molar-refractivity contribution in [1.29, 1.82) is 0 Å². The summed E-state index contributed by atoms with van der Waals surface area (Å²) in [6, 6.07) is 0.525. The van der Waals surface area contributed by atoms with Crippen LogP contribution in [-0.2, 0) is 0 Å². The van der Waals surface area contributed by atoms with Crippen LogP contribution in [0.25, 0.3) is 0 Å². The fourth-order valence-corrected chi connectivity index (χ4v) is 1.34. The quantitative estimate of drug-likeness (QED) is 0.675. The van der Waals surface area contributed by atoms with Crippen LogP contribution in [0.3, 0.4) is 0 Å². The van der Waals surface area contributed by atoms with Gasteiger partial charge in [-0.05, 0) is 26.2 Å². The second-order valence-corrected chi connectivity index (χ2v) is 3.63. The van der Waals surface area contributed by atoms with Gasteiger partial charge < -0.3 is 4.57 Å². The average molecular weight is 166 g/mol. The topological polar surface area (TPSA) is 17.8 Å². The van der Waals surface area contributed by atoms with E-state index in [2.05, 4.69) is 37.2 Å². The summed E-state index contributed by atoms with van der Waals surface area (Å²) >= 11 is 0. The molecule has 2 heteroatoms. The molecule has 1 rings (SSSR count). The molecule has 0 amide bonds. The first-order valence-corrected chi connectivity index (χ1v) is 4.68. The van der Waals surface area contributed by atoms with Gasteiger partial charge in [-0.1, -0.05) is 13.8 Å². The molecule has 0 saturated carbocycles. The Labute approximate surface area is 74.6 Å². The summed E-state index contributed by atoms with van der Waals surface area (Å²) in [6.07, 6.45) is 5.08. The van der Waals surface area contributed by atoms with Gasteiger partial charge in [0.15, 0.2) is 0 Å². The van der Waals surface area contributed by atoms with Gasteiger partial charge in [-0.2, -0.15) is 0 Å². The molecule has 0 fully saturated rings. The molecule has 0 N–H and O–H groups in total. The summed E-state index contributed by atoms with van der Waals surface area (Å²) < 4.78 is 2.24. The van der Waals surface area contributed by atoms with E-state index in [1.54, 1.807) is 0 Å². The van der Waals surface area contributed by atoms with Crippen LogP contribution < -0.4 is 0 Å². The molecule has 0 aliphatic carbocycles. The monoisotopic (exact) mass is 166 g/mol. The summed E-state index contributed by atoms with van der Waals surface area (Å²) in [7, 11) is 0. The molecule has 0 spiro atoms. The van der Waals surface area contributed by atoms with E-state index in [0.717, 1.165) is 0 Å². The molecule has 1 aromatic rings. The first-order chi connectivity index (χ1) is 5.66. The molecule has 12 heavy (non-hydrogen) atoms. The van der Waals surface area contributed by atoms with Crippen molar-refractivity contribution in [2.24, 2.45) is 0 Å². The molecular formula is C10H18N2. The van der Waals surface area contributed by atoms with E-state index in [-0.39, 0.29) is 0 Å². The second kappa shape index (κ2) is 3.74. The van der Waals surface area contributed by atoms with Crippen molar-refractivity contribution in [1.82, 2.24) is 9.55 Å². The van der Waals surface area contributed by atoms with Crippen molar-refractivity contribution in [2.75, 3.05) is 0 Å². The van der Waals surface area contributed by atoms with Crippen LogP contribution in [0, 0.1) is 0 Å². The average Bonchev–Trinajstić information content (AvgIpc) is 2.50. The molecule has 2 nitrogen and oxygen atoms in total. The Bertz CT molecular complexity index is 238. The summed E-state index contributed by atoms with van der Waals surface area (Å²) in [5.74, 6) is 0.620. The van der Waals surface area contributed by atoms with Crippen LogP contribution in [0.1, 0.15) is 51.8 Å². The molecule has 68 valence electrons. The Balaban J connectivity index is 2.91. The van der Waals surface area contributed by atoms with E-state index in [4.69, 9.17) is 0 Å². The number of hydrogen-bond donors (Lipinski definition) is 0. The van der Waals surface area contributed by atoms with E-state index in [9.17, 15) is 0 Å². The minimum Gasteiger partial charge on any atom is -0.332 e. The normalized spacial score (nSPS) is 13.8. The zero-order valence-electron chi connectivity index (χ0n) is 8.41. The van der Waals surface area contributed by atoms with E-state index >= 15 is 0 Å². The predicted octanol–water partition coefficient (Wildman–Crippen LogP) is 2.98. The van der Waals surface area contributed by atoms with Crippen molar-refractivity contribution in [3.05, 3.63) is 18.2 Å². The van der Waals surface area contributed by atoms with Crippen LogP contribution in [0.4, 0.5) is 0 Å². The van der Waals surface area contributed by atoms with E-state index < -0.39 is 0 Å². The first kappa shape index (κ1) is 9.30. The molecular weight excluding hydrogens is 148 g/mol. The van der Waals surface area contributed by atoms with Crippen molar-refractivity contribution in [2.45, 2.75) is 46.1 Å². The van der Waals surface area contributed by atoms with E-state index in [1.807, 2.05) is 12.5 Å². The molecule has 0 saturated heterocycles. The number of imidazole rings is 1. The third-order valence-electron chi connectivity index (χ3n) is 2.37. The lowest BCUT2D eigenvalue weighted by molar-refractivity contribution is 0.543. The van der Waals surface area contributed by atoms with Gasteiger partial charge >= 0.3 is 0 Å². The van der Waals surface area contributed by atoms with Crippen LogP contribution in [0.5, 0.6) is 0 Å². The van der Waals surface area contributed by atoms with Gasteiger partial charge in [0.25, 0.3) is 0 Å². The smallest absolute Gasteiger partial charge is 0.0950 e. The fraction of sp³-hybridized carbons (Fsp3) is 0.700. The molecule has 1 atom stereocenters. The Morgan fingerprint density at radius 2 is 2.08 bits per heavy atom. The number of rotatable bonds is 3. The number of aromatic nitrogens is 2. The lowest BCUT2D eigenvalue weighted by atomic mass is 10.1. The maximum atomic E-state index is 4.18. The van der Waals surface area contributed by atoms with Crippen LogP contribution >= 0.6 is 0 Å². The van der Waals surface area contributed by atoms with Gasteiger partial charge in [0.1, 0.15) is 0 Å². The minimum atomic E-state index is 0.525. The Morgan fingerprint density at radius 3 is 2.58 bits per heavy atom. The van der Waals surface area contributed by atoms with Crippen molar-refractivity contribution >= 4 is 0 Å². The first-order valence-electron chi connectivity index (χ1n) is 4.68. The molecule has 0 radical (unpaired) electrons. The Hall–Kier alpha value is -0.790. The van der Waals surface area contributed by atoms with E-state index in [1.165, 1.54) is 12.1 Å². The van der Waals surface area contributed by atoms with E-state index in [0.29, 0.717) is 12.0 Å². The maximum Gasteiger partial charge on any atom is 0.0950 e. The third-order valence-corrected chi connectivity index (χ3v) is 2.37. The lowest BCUT2D eigenvalue weighted by Gasteiger charge is -2.15. The zero-order chi connectivity index (χ0) is 9.14. The molecule has 1 unspecified atom stereocenters. The van der Waals surface area contributed by atoms with Gasteiger partial charge in [-0.3, -0.25) is 0 Å². The summed E-state index contributed by atoms with van der Waals surface area (Å²) in [4.78, 5) is 4.18. The van der Waals surface area contributed by atoms with Gasteiger partial charge in [-0.25, -0.2) is 4.98 Å². The highest BCUT2D eigenvalue weighted by Gasteiger charge is 2.10. The highest BCUT2D eigenvalue weighted by molar-refractivity contribution is 5.05. The van der Waals surface area contributed by atoms with Crippen molar-refractivity contribution < 1.29 is 0 Å². The van der Waals surface area contributed by atoms with Crippen LogP contribution in [-0.4, -0.2) is 9.55 Å². The molecule has 0 bridgehead atoms. The van der Waals surface area contributed by atoms with Gasteiger partial charge in [-0.15, -0.1) is 0 Å². The summed E-state index contributed by atoms with van der Waals surface area (Å²) in [6.45, 7) is 8.83. The highest BCUT2D eigenvalue weighted by atomic mass is 15.1. The molecule has 0 aliphatic heterocycles. The number of nitrogens with zero attached hydrogens (tertiary/aromatic N) is 2. The SMILES string of the molecule is CCC(C)c1cncn1C(C)C. The standard InChI is InChI=1S/C10H18N2/c1-5-9(4)10-6-11-7-12(10)8(2)3/h6-9H,5H2,1-4H3. The molecule has 1 heterocycles. The molecule has 0 aliphatic rings. The van der Waals surface area contributed by atoms with Gasteiger partial charge in [0.05, 0.1) is 6.33 Å². The largest absolute Gasteiger partial charge is 0.332 e. The van der Waals surface area contributed by atoms with Gasteiger partial charge in [0, 0.05) is 17.9 Å².